The van der Waals surface area contributed by atoms with Gasteiger partial charge in [0.1, 0.15) is 17.8 Å². The third kappa shape index (κ3) is 2.56. The minimum absolute atomic E-state index is 0.0382. The molecule has 0 spiro atoms. The fourth-order valence-electron chi connectivity index (χ4n) is 3.24. The van der Waals surface area contributed by atoms with Crippen LogP contribution in [0.3, 0.4) is 0 Å². The highest BCUT2D eigenvalue weighted by atomic mass is 16.5. The number of aryl methyl sites for hydroxylation is 1. The van der Waals surface area contributed by atoms with E-state index in [2.05, 4.69) is 0 Å². The summed E-state index contributed by atoms with van der Waals surface area (Å²) in [6.07, 6.45) is 1.38. The van der Waals surface area contributed by atoms with E-state index in [1.807, 2.05) is 0 Å². The van der Waals surface area contributed by atoms with Gasteiger partial charge in [0.25, 0.3) is 0 Å². The predicted molar refractivity (Wildman–Crippen MR) is 82.0 cm³/mol. The molecule has 2 unspecified atom stereocenters. The molecule has 22 heavy (non-hydrogen) atoms. The van der Waals surface area contributed by atoms with E-state index in [0.717, 1.165) is 30.2 Å². The summed E-state index contributed by atoms with van der Waals surface area (Å²) in [4.78, 5) is 12.1. The smallest absolute Gasteiger partial charge is 0.339 e. The van der Waals surface area contributed by atoms with Crippen molar-refractivity contribution in [1.29, 1.82) is 0 Å². The van der Waals surface area contributed by atoms with E-state index in [-0.39, 0.29) is 12.2 Å². The highest BCUT2D eigenvalue weighted by Crippen LogP contribution is 2.33. The molecule has 0 radical (unpaired) electrons. The lowest BCUT2D eigenvalue weighted by molar-refractivity contribution is -0.0267. The second kappa shape index (κ2) is 6.20. The maximum absolute atomic E-state index is 12.1. The molecule has 1 aromatic carbocycles. The third-order valence-corrected chi connectivity index (χ3v) is 4.30. The van der Waals surface area contributed by atoms with Gasteiger partial charge in [-0.2, -0.15) is 0 Å². The molecule has 0 saturated carbocycles. The van der Waals surface area contributed by atoms with Gasteiger partial charge in [-0.05, 0) is 42.9 Å². The highest BCUT2D eigenvalue weighted by molar-refractivity contribution is 5.85. The number of ether oxygens (including phenoxy) is 1. The van der Waals surface area contributed by atoms with Gasteiger partial charge in [-0.25, -0.2) is 4.79 Å². The zero-order valence-electron chi connectivity index (χ0n) is 12.5. The Hall–Kier alpha value is -1.69. The molecule has 1 aliphatic rings. The first kappa shape index (κ1) is 15.2. The number of fused-ring (bicyclic) bond motifs is 3. The molecule has 5 heteroatoms. The minimum atomic E-state index is -1.08. The number of aliphatic hydroxyl groups is 2. The molecular weight excluding hydrogens is 284 g/mol. The number of aliphatic hydroxyl groups excluding tert-OH is 2. The van der Waals surface area contributed by atoms with Crippen molar-refractivity contribution in [2.45, 2.75) is 37.9 Å². The number of hydrogen-bond donors (Lipinski definition) is 2. The Morgan fingerprint density at radius 2 is 1.95 bits per heavy atom. The van der Waals surface area contributed by atoms with Crippen LogP contribution in [0.2, 0.25) is 0 Å². The fraction of sp³-hybridized carbons (Fsp3) is 0.471. The summed E-state index contributed by atoms with van der Waals surface area (Å²) in [5.74, 6) is 0. The van der Waals surface area contributed by atoms with Gasteiger partial charge in [-0.3, -0.25) is 0 Å². The molecule has 1 aliphatic carbocycles. The van der Waals surface area contributed by atoms with Crippen LogP contribution in [0.5, 0.6) is 0 Å². The van der Waals surface area contributed by atoms with Crippen molar-refractivity contribution < 1.29 is 19.4 Å². The fourth-order valence-corrected chi connectivity index (χ4v) is 3.24. The number of rotatable bonds is 4. The van der Waals surface area contributed by atoms with Gasteiger partial charge in [0.05, 0.1) is 6.61 Å². The standard InChI is InChI=1S/C17H20O5/c1-21-9-13(18)16(19)12-7-4-8-14-15(12)10-5-2-3-6-11(10)17(20)22-14/h4,7-8,13,16,18-19H,2-3,5-6,9H2,1H3. The largest absolute Gasteiger partial charge is 0.422 e. The van der Waals surface area contributed by atoms with Crippen LogP contribution in [-0.2, 0) is 17.6 Å². The zero-order chi connectivity index (χ0) is 15.7. The quantitative estimate of drug-likeness (QED) is 0.841. The monoisotopic (exact) mass is 304 g/mol. The summed E-state index contributed by atoms with van der Waals surface area (Å²) in [6, 6.07) is 5.21. The predicted octanol–water partition coefficient (Wildman–Crippen LogP) is 1.71. The van der Waals surface area contributed by atoms with Crippen LogP contribution in [0.4, 0.5) is 0 Å². The van der Waals surface area contributed by atoms with E-state index >= 15 is 0 Å². The lowest BCUT2D eigenvalue weighted by atomic mass is 9.87. The first-order valence-electron chi connectivity index (χ1n) is 7.56. The average Bonchev–Trinajstić information content (AvgIpc) is 2.54. The second-order valence-corrected chi connectivity index (χ2v) is 5.74. The summed E-state index contributed by atoms with van der Waals surface area (Å²) >= 11 is 0. The van der Waals surface area contributed by atoms with Crippen LogP contribution in [0.1, 0.15) is 35.6 Å². The molecule has 0 bridgehead atoms. The molecule has 3 rings (SSSR count). The molecule has 118 valence electrons. The molecule has 0 amide bonds. The van der Waals surface area contributed by atoms with Gasteiger partial charge < -0.3 is 19.4 Å². The molecule has 2 aromatic rings. The van der Waals surface area contributed by atoms with E-state index in [0.29, 0.717) is 23.1 Å². The lowest BCUT2D eigenvalue weighted by Gasteiger charge is -2.22. The van der Waals surface area contributed by atoms with Gasteiger partial charge in [0.2, 0.25) is 0 Å². The van der Waals surface area contributed by atoms with Crippen LogP contribution in [0, 0.1) is 0 Å². The molecule has 0 saturated heterocycles. The summed E-state index contributed by atoms with van der Waals surface area (Å²) in [5.41, 5.74) is 2.43. The normalized spacial score (nSPS) is 17.2. The molecule has 1 heterocycles. The molecule has 2 N–H and O–H groups in total. The topological polar surface area (TPSA) is 79.9 Å². The van der Waals surface area contributed by atoms with Crippen LogP contribution in [0.25, 0.3) is 11.0 Å². The maximum atomic E-state index is 12.1. The molecule has 1 aromatic heterocycles. The van der Waals surface area contributed by atoms with E-state index < -0.39 is 12.2 Å². The summed E-state index contributed by atoms with van der Waals surface area (Å²) in [5, 5.41) is 21.2. The van der Waals surface area contributed by atoms with E-state index in [9.17, 15) is 15.0 Å². The number of hydrogen-bond acceptors (Lipinski definition) is 5. The van der Waals surface area contributed by atoms with Gasteiger partial charge in [-0.1, -0.05) is 12.1 Å². The number of benzene rings is 1. The first-order valence-corrected chi connectivity index (χ1v) is 7.56. The van der Waals surface area contributed by atoms with Gasteiger partial charge in [0, 0.05) is 18.1 Å². The summed E-state index contributed by atoms with van der Waals surface area (Å²) < 4.78 is 10.3. The van der Waals surface area contributed by atoms with E-state index in [1.165, 1.54) is 7.11 Å². The van der Waals surface area contributed by atoms with Crippen molar-refractivity contribution in [1.82, 2.24) is 0 Å². The minimum Gasteiger partial charge on any atom is -0.422 e. The second-order valence-electron chi connectivity index (χ2n) is 5.74. The molecule has 2 atom stereocenters. The summed E-state index contributed by atoms with van der Waals surface area (Å²) in [6.45, 7) is 0.0382. The van der Waals surface area contributed by atoms with Crippen LogP contribution < -0.4 is 5.63 Å². The van der Waals surface area contributed by atoms with Crippen molar-refractivity contribution in [3.63, 3.8) is 0 Å². The Balaban J connectivity index is 2.21. The molecular formula is C17H20O5. The van der Waals surface area contributed by atoms with E-state index in [4.69, 9.17) is 9.15 Å². The lowest BCUT2D eigenvalue weighted by Crippen LogP contribution is -2.24. The van der Waals surface area contributed by atoms with Gasteiger partial charge >= 0.3 is 5.63 Å². The Bertz CT molecular complexity index is 734. The average molecular weight is 304 g/mol. The van der Waals surface area contributed by atoms with E-state index in [1.54, 1.807) is 18.2 Å². The molecule has 0 fully saturated rings. The van der Waals surface area contributed by atoms with Crippen LogP contribution >= 0.6 is 0 Å². The molecule has 0 aliphatic heterocycles. The van der Waals surface area contributed by atoms with Crippen molar-refractivity contribution in [2.75, 3.05) is 13.7 Å². The Morgan fingerprint density at radius 1 is 1.23 bits per heavy atom. The van der Waals surface area contributed by atoms with Crippen molar-refractivity contribution in [3.05, 3.63) is 45.3 Å². The summed E-state index contributed by atoms with van der Waals surface area (Å²) in [7, 11) is 1.47. The molecule has 5 nitrogen and oxygen atoms in total. The SMILES string of the molecule is COCC(O)C(O)c1cccc2oc(=O)c3c(c12)CCCC3. The maximum Gasteiger partial charge on any atom is 0.339 e. The van der Waals surface area contributed by atoms with Crippen molar-refractivity contribution >= 4 is 11.0 Å². The van der Waals surface area contributed by atoms with Crippen molar-refractivity contribution in [2.24, 2.45) is 0 Å². The Morgan fingerprint density at radius 3 is 2.68 bits per heavy atom. The zero-order valence-corrected chi connectivity index (χ0v) is 12.5. The van der Waals surface area contributed by atoms with Gasteiger partial charge in [-0.15, -0.1) is 0 Å². The first-order chi connectivity index (χ1) is 10.6. The Kier molecular flexibility index (Phi) is 4.29. The van der Waals surface area contributed by atoms with Crippen LogP contribution in [-0.4, -0.2) is 30.0 Å². The number of methoxy groups -OCH3 is 1. The Labute approximate surface area is 128 Å². The van der Waals surface area contributed by atoms with Crippen LogP contribution in [0.15, 0.2) is 27.4 Å². The van der Waals surface area contributed by atoms with Crippen molar-refractivity contribution in [3.8, 4) is 0 Å². The van der Waals surface area contributed by atoms with Gasteiger partial charge in [0.15, 0.2) is 0 Å². The third-order valence-electron chi connectivity index (χ3n) is 4.30. The highest BCUT2D eigenvalue weighted by Gasteiger charge is 2.25.